The molecular formula is C27H19FN2O4S. The Hall–Kier alpha value is -4.14. The summed E-state index contributed by atoms with van der Waals surface area (Å²) < 4.78 is 46.7. The van der Waals surface area contributed by atoms with E-state index in [0.717, 1.165) is 0 Å². The average Bonchev–Trinajstić information content (AvgIpc) is 3.01. The van der Waals surface area contributed by atoms with Gasteiger partial charge in [-0.2, -0.15) is 8.42 Å². The molecule has 1 aliphatic heterocycles. The summed E-state index contributed by atoms with van der Waals surface area (Å²) in [5.74, 6) is -0.613. The van der Waals surface area contributed by atoms with Gasteiger partial charge in [0.15, 0.2) is 0 Å². The predicted octanol–water partition coefficient (Wildman–Crippen LogP) is 5.87. The number of aliphatic imine (C=N–C) groups is 1. The molecular weight excluding hydrogens is 467 g/mol. The van der Waals surface area contributed by atoms with Crippen molar-refractivity contribution in [3.63, 3.8) is 0 Å². The lowest BCUT2D eigenvalue weighted by molar-refractivity contribution is -0.115. The average molecular weight is 487 g/mol. The van der Waals surface area contributed by atoms with Gasteiger partial charge in [0, 0.05) is 5.56 Å². The Balaban J connectivity index is 1.54. The van der Waals surface area contributed by atoms with Crippen LogP contribution in [0.25, 0.3) is 22.3 Å². The highest BCUT2D eigenvalue weighted by Crippen LogP contribution is 2.35. The number of amides is 1. The van der Waals surface area contributed by atoms with Crippen LogP contribution < -0.4 is 5.32 Å². The molecule has 0 aromatic heterocycles. The molecule has 35 heavy (non-hydrogen) atoms. The first-order valence-corrected chi connectivity index (χ1v) is 12.2. The maximum absolute atomic E-state index is 14.3. The third-order valence-electron chi connectivity index (χ3n) is 5.70. The number of halogens is 1. The van der Waals surface area contributed by atoms with Gasteiger partial charge in [-0.25, -0.2) is 4.39 Å². The molecule has 0 atom stereocenters. The van der Waals surface area contributed by atoms with Crippen molar-refractivity contribution in [3.05, 3.63) is 102 Å². The second-order valence-electron chi connectivity index (χ2n) is 8.08. The molecule has 6 nitrogen and oxygen atoms in total. The van der Waals surface area contributed by atoms with E-state index in [9.17, 15) is 22.2 Å². The number of nitrogens with zero attached hydrogens (tertiary/aromatic N) is 1. The van der Waals surface area contributed by atoms with Crippen molar-refractivity contribution in [2.24, 2.45) is 4.99 Å². The van der Waals surface area contributed by atoms with Crippen LogP contribution in [0.5, 0.6) is 0 Å². The summed E-state index contributed by atoms with van der Waals surface area (Å²) in [5, 5.41) is 2.85. The topological polar surface area (TPSA) is 95.8 Å². The number of anilines is 1. The van der Waals surface area contributed by atoms with Crippen LogP contribution in [0.1, 0.15) is 12.0 Å². The van der Waals surface area contributed by atoms with Crippen LogP contribution in [0.2, 0.25) is 0 Å². The summed E-state index contributed by atoms with van der Waals surface area (Å²) in [4.78, 5) is 17.2. The van der Waals surface area contributed by atoms with Crippen molar-refractivity contribution in [1.82, 2.24) is 0 Å². The van der Waals surface area contributed by atoms with Crippen molar-refractivity contribution < 1.29 is 22.2 Å². The minimum absolute atomic E-state index is 0.0260. The van der Waals surface area contributed by atoms with Gasteiger partial charge in [-0.05, 0) is 58.7 Å². The van der Waals surface area contributed by atoms with E-state index in [4.69, 9.17) is 4.99 Å². The molecule has 0 saturated carbocycles. The lowest BCUT2D eigenvalue weighted by Gasteiger charge is -2.09. The lowest BCUT2D eigenvalue weighted by atomic mass is 9.99. The first-order valence-electron chi connectivity index (χ1n) is 10.7. The van der Waals surface area contributed by atoms with E-state index >= 15 is 0 Å². The Morgan fingerprint density at radius 2 is 1.51 bits per heavy atom. The summed E-state index contributed by atoms with van der Waals surface area (Å²) in [5.41, 5.74) is 4.62. The third kappa shape index (κ3) is 4.75. The van der Waals surface area contributed by atoms with Crippen molar-refractivity contribution >= 4 is 33.1 Å². The predicted molar refractivity (Wildman–Crippen MR) is 133 cm³/mol. The van der Waals surface area contributed by atoms with Crippen molar-refractivity contribution in [2.75, 3.05) is 5.32 Å². The van der Waals surface area contributed by atoms with E-state index in [2.05, 4.69) is 5.32 Å². The fourth-order valence-electron chi connectivity index (χ4n) is 4.01. The monoisotopic (exact) mass is 486 g/mol. The van der Waals surface area contributed by atoms with Gasteiger partial charge >= 0.3 is 0 Å². The summed E-state index contributed by atoms with van der Waals surface area (Å²) in [6, 6.07) is 24.8. The first-order chi connectivity index (χ1) is 16.8. The molecule has 4 aromatic rings. The summed E-state index contributed by atoms with van der Waals surface area (Å²) in [6.07, 6.45) is 0.0260. The molecule has 1 heterocycles. The minimum Gasteiger partial charge on any atom is -0.324 e. The minimum atomic E-state index is -4.34. The Morgan fingerprint density at radius 1 is 0.800 bits per heavy atom. The van der Waals surface area contributed by atoms with Gasteiger partial charge in [-0.3, -0.25) is 14.3 Å². The molecule has 0 unspecified atom stereocenters. The van der Waals surface area contributed by atoms with E-state index in [1.807, 2.05) is 12.1 Å². The van der Waals surface area contributed by atoms with Gasteiger partial charge in [0.2, 0.25) is 5.91 Å². The number of carbonyl (C=O) groups is 1. The standard InChI is InChI=1S/C27H19FN2O4S/c28-23-10-2-1-9-22(23)19-11-12-24-26(15-19)30-27(31)16-25(29-24)20-7-3-5-17(13-20)18-6-4-8-21(14-18)35(32,33)34/h1-15H,16H2,(H,30,31)(H,32,33,34). The highest BCUT2D eigenvalue weighted by molar-refractivity contribution is 7.85. The number of rotatable bonds is 4. The molecule has 0 bridgehead atoms. The SMILES string of the molecule is O=C1CC(c2cccc(-c3cccc(S(=O)(=O)O)c3)c2)=Nc2ccc(-c3ccccc3F)cc2N1. The zero-order valence-corrected chi connectivity index (χ0v) is 19.1. The van der Waals surface area contributed by atoms with E-state index in [0.29, 0.717) is 44.9 Å². The maximum Gasteiger partial charge on any atom is 0.294 e. The van der Waals surface area contributed by atoms with Crippen LogP contribution in [-0.2, 0) is 14.9 Å². The van der Waals surface area contributed by atoms with Gasteiger partial charge in [-0.15, -0.1) is 0 Å². The Kier molecular flexibility index (Phi) is 5.76. The molecule has 5 rings (SSSR count). The molecule has 1 amide bonds. The molecule has 0 spiro atoms. The zero-order valence-electron chi connectivity index (χ0n) is 18.3. The van der Waals surface area contributed by atoms with Crippen LogP contribution in [0.3, 0.4) is 0 Å². The molecule has 8 heteroatoms. The lowest BCUT2D eigenvalue weighted by Crippen LogP contribution is -2.15. The van der Waals surface area contributed by atoms with E-state index in [1.165, 1.54) is 18.2 Å². The Labute approximate surface area is 201 Å². The first kappa shape index (κ1) is 22.6. The van der Waals surface area contributed by atoms with Crippen LogP contribution in [0.4, 0.5) is 15.8 Å². The van der Waals surface area contributed by atoms with Crippen molar-refractivity contribution in [1.29, 1.82) is 0 Å². The van der Waals surface area contributed by atoms with Crippen molar-refractivity contribution in [2.45, 2.75) is 11.3 Å². The Bertz CT molecular complexity index is 1610. The van der Waals surface area contributed by atoms with Crippen LogP contribution in [-0.4, -0.2) is 24.6 Å². The smallest absolute Gasteiger partial charge is 0.294 e. The number of benzene rings is 4. The summed E-state index contributed by atoms with van der Waals surface area (Å²) >= 11 is 0. The van der Waals surface area contributed by atoms with Crippen LogP contribution in [0.15, 0.2) is 101 Å². The summed E-state index contributed by atoms with van der Waals surface area (Å²) in [7, 11) is -4.34. The van der Waals surface area contributed by atoms with Crippen molar-refractivity contribution in [3.8, 4) is 22.3 Å². The molecule has 4 aromatic carbocycles. The summed E-state index contributed by atoms with van der Waals surface area (Å²) in [6.45, 7) is 0. The van der Waals surface area contributed by atoms with E-state index in [1.54, 1.807) is 60.7 Å². The highest BCUT2D eigenvalue weighted by Gasteiger charge is 2.19. The fourth-order valence-corrected chi connectivity index (χ4v) is 4.54. The second-order valence-corrected chi connectivity index (χ2v) is 9.50. The number of fused-ring (bicyclic) bond motifs is 1. The van der Waals surface area contributed by atoms with Crippen LogP contribution in [0, 0.1) is 5.82 Å². The molecule has 174 valence electrons. The third-order valence-corrected chi connectivity index (χ3v) is 6.55. The molecule has 0 fully saturated rings. The molecule has 2 N–H and O–H groups in total. The molecule has 0 radical (unpaired) electrons. The molecule has 1 aliphatic rings. The number of nitrogens with one attached hydrogen (secondary N) is 1. The van der Waals surface area contributed by atoms with E-state index < -0.39 is 10.1 Å². The quantitative estimate of drug-likeness (QED) is 0.353. The largest absolute Gasteiger partial charge is 0.324 e. The van der Waals surface area contributed by atoms with E-state index in [-0.39, 0.29) is 23.0 Å². The highest BCUT2D eigenvalue weighted by atomic mass is 32.2. The van der Waals surface area contributed by atoms with Gasteiger partial charge < -0.3 is 5.32 Å². The van der Waals surface area contributed by atoms with Gasteiger partial charge in [-0.1, -0.05) is 54.6 Å². The van der Waals surface area contributed by atoms with Crippen LogP contribution >= 0.6 is 0 Å². The molecule has 0 aliphatic carbocycles. The zero-order chi connectivity index (χ0) is 24.6. The molecule has 0 saturated heterocycles. The van der Waals surface area contributed by atoms with Gasteiger partial charge in [0.1, 0.15) is 5.82 Å². The number of carbonyl (C=O) groups excluding carboxylic acids is 1. The Morgan fingerprint density at radius 3 is 2.29 bits per heavy atom. The second kappa shape index (κ2) is 8.90. The van der Waals surface area contributed by atoms with Gasteiger partial charge in [0.25, 0.3) is 10.1 Å². The number of hydrogen-bond donors (Lipinski definition) is 2. The van der Waals surface area contributed by atoms with Gasteiger partial charge in [0.05, 0.1) is 28.4 Å². The number of hydrogen-bond acceptors (Lipinski definition) is 4. The maximum atomic E-state index is 14.3. The fraction of sp³-hybridized carbons (Fsp3) is 0.0370. The normalized spacial score (nSPS) is 13.4.